The summed E-state index contributed by atoms with van der Waals surface area (Å²) in [6.07, 6.45) is 1.27. The zero-order valence-electron chi connectivity index (χ0n) is 27.4. The van der Waals surface area contributed by atoms with Gasteiger partial charge in [0.1, 0.15) is 0 Å². The average Bonchev–Trinajstić information content (AvgIpc) is 3.35. The highest BCUT2D eigenvalue weighted by Crippen LogP contribution is 2.12. The molecule has 1 aliphatic heterocycles. The molecule has 21 heteroatoms. The minimum atomic E-state index is -3.57. The summed E-state index contributed by atoms with van der Waals surface area (Å²) < 4.78 is 29.5. The highest BCUT2D eigenvalue weighted by atomic mass is 28.4. The Morgan fingerprint density at radius 3 is 1.47 bits per heavy atom. The van der Waals surface area contributed by atoms with Gasteiger partial charge in [-0.2, -0.15) is 0 Å². The zero-order valence-corrected chi connectivity index (χ0v) is 29.4. The number of hydroxylamine groups is 2. The predicted octanol–water partition coefficient (Wildman–Crippen LogP) is -2.40. The van der Waals surface area contributed by atoms with Gasteiger partial charge in [0.15, 0.2) is 0 Å². The summed E-state index contributed by atoms with van der Waals surface area (Å²) >= 11 is 0. The number of nitrogens with zero attached hydrogens (tertiary/aromatic N) is 1. The highest BCUT2D eigenvalue weighted by Gasteiger charge is 2.33. The number of ether oxygens (including phenoxy) is 4. The minimum absolute atomic E-state index is 0.0410. The molecule has 1 rings (SSSR count). The van der Waals surface area contributed by atoms with E-state index >= 15 is 0 Å². The van der Waals surface area contributed by atoms with E-state index in [-0.39, 0.29) is 82.4 Å². The van der Waals surface area contributed by atoms with Crippen LogP contribution in [0.25, 0.3) is 0 Å². The van der Waals surface area contributed by atoms with Crippen molar-refractivity contribution < 1.29 is 75.8 Å². The van der Waals surface area contributed by atoms with Gasteiger partial charge in [-0.3, -0.25) is 19.2 Å². The number of hydrogen-bond donors (Lipinski definition) is 6. The molecule has 0 spiro atoms. The molecule has 274 valence electrons. The molecule has 0 atom stereocenters. The Balaban J connectivity index is 0.00000101. The Morgan fingerprint density at radius 2 is 1.06 bits per heavy atom. The Hall–Kier alpha value is -2.42. The van der Waals surface area contributed by atoms with E-state index in [0.717, 1.165) is 0 Å². The van der Waals surface area contributed by atoms with Gasteiger partial charge >= 0.3 is 23.6 Å². The van der Waals surface area contributed by atoms with Crippen LogP contribution in [0.2, 0.25) is 12.1 Å². The molecule has 0 bridgehead atoms. The van der Waals surface area contributed by atoms with E-state index < -0.39 is 35.4 Å². The predicted molar refractivity (Wildman–Crippen MR) is 165 cm³/mol. The molecule has 4 amide bonds. The second-order valence-electron chi connectivity index (χ2n) is 9.93. The molecule has 6 N–H and O–H groups in total. The third-order valence-corrected chi connectivity index (χ3v) is 9.37. The molecule has 0 radical (unpaired) electrons. The zero-order chi connectivity index (χ0) is 35.6. The molecule has 0 unspecified atom stereocenters. The van der Waals surface area contributed by atoms with Crippen LogP contribution in [0, 0.1) is 0 Å². The molecular weight excluding hydrogens is 666 g/mol. The fourth-order valence-electron chi connectivity index (χ4n) is 3.33. The Morgan fingerprint density at radius 1 is 0.660 bits per heavy atom. The summed E-state index contributed by atoms with van der Waals surface area (Å²) in [7, 11) is -2.97. The van der Waals surface area contributed by atoms with Crippen molar-refractivity contribution >= 4 is 47.2 Å². The van der Waals surface area contributed by atoms with E-state index in [4.69, 9.17) is 18.9 Å². The Labute approximate surface area is 276 Å². The lowest BCUT2D eigenvalue weighted by atomic mass is 10.4. The number of methoxy groups -OCH3 is 1. The normalized spacial score (nSPS) is 13.3. The lowest BCUT2D eigenvalue weighted by Crippen LogP contribution is -2.38. The second-order valence-corrected chi connectivity index (χ2v) is 14.7. The van der Waals surface area contributed by atoms with Gasteiger partial charge in [-0.25, -0.2) is 4.79 Å². The van der Waals surface area contributed by atoms with Crippen LogP contribution in [0.4, 0.5) is 0 Å². The first-order chi connectivity index (χ1) is 22.3. The smallest absolute Gasteiger partial charge is 0.390 e. The van der Waals surface area contributed by atoms with Crippen molar-refractivity contribution in [2.75, 3.05) is 80.7 Å². The number of hydrogen-bond acceptors (Lipinski definition) is 16. The molecule has 19 nitrogen and oxygen atoms in total. The van der Waals surface area contributed by atoms with E-state index in [2.05, 4.69) is 24.3 Å². The molecule has 0 saturated carbocycles. The highest BCUT2D eigenvalue weighted by molar-refractivity contribution is 6.57. The molecule has 0 aromatic carbocycles. The number of imide groups is 1. The monoisotopic (exact) mass is 717 g/mol. The van der Waals surface area contributed by atoms with E-state index in [1.54, 1.807) is 7.11 Å². The lowest BCUT2D eigenvalue weighted by molar-refractivity contribution is -0.198. The van der Waals surface area contributed by atoms with E-state index in [0.29, 0.717) is 50.8 Å². The van der Waals surface area contributed by atoms with Gasteiger partial charge in [-0.1, -0.05) is 0 Å². The molecule has 1 heterocycles. The van der Waals surface area contributed by atoms with Crippen LogP contribution in [-0.2, 0) is 56.6 Å². The summed E-state index contributed by atoms with van der Waals surface area (Å²) in [6, 6.07) is 0.282. The third kappa shape index (κ3) is 25.3. The van der Waals surface area contributed by atoms with Crippen LogP contribution < -0.4 is 10.6 Å². The SMILES string of the molecule is COCCOCCC(=O)NCCC[Si](O)(O)OC.CO[Si](O)(O)CCCNC(=O)CCOCCOCCC(=O)ON1C(=O)CCC1=O. The summed E-state index contributed by atoms with van der Waals surface area (Å²) in [5.41, 5.74) is 0. The maximum Gasteiger partial charge on any atom is 0.495 e. The van der Waals surface area contributed by atoms with Gasteiger partial charge in [0, 0.05) is 72.2 Å². The van der Waals surface area contributed by atoms with Gasteiger partial charge in [0.05, 0.1) is 52.7 Å². The van der Waals surface area contributed by atoms with Gasteiger partial charge in [0.2, 0.25) is 11.8 Å². The van der Waals surface area contributed by atoms with Gasteiger partial charge in [-0.15, -0.1) is 5.06 Å². The number of nitrogens with one attached hydrogen (secondary N) is 2. The second kappa shape index (κ2) is 26.5. The number of carbonyl (C=O) groups is 5. The molecule has 1 saturated heterocycles. The van der Waals surface area contributed by atoms with E-state index in [1.807, 2.05) is 0 Å². The molecule has 0 aliphatic carbocycles. The third-order valence-electron chi connectivity index (χ3n) is 6.06. The lowest BCUT2D eigenvalue weighted by Gasteiger charge is -2.14. The van der Waals surface area contributed by atoms with Crippen LogP contribution >= 0.6 is 0 Å². The Kier molecular flexibility index (Phi) is 25.2. The minimum Gasteiger partial charge on any atom is -0.390 e. The summed E-state index contributed by atoms with van der Waals surface area (Å²) in [4.78, 5) is 98.8. The van der Waals surface area contributed by atoms with Crippen molar-refractivity contribution in [2.24, 2.45) is 0 Å². The van der Waals surface area contributed by atoms with Crippen molar-refractivity contribution in [1.82, 2.24) is 15.7 Å². The molecule has 47 heavy (non-hydrogen) atoms. The maximum atomic E-state index is 11.6. The quantitative estimate of drug-likeness (QED) is 0.0310. The summed E-state index contributed by atoms with van der Waals surface area (Å²) in [6.45, 7) is 2.71. The van der Waals surface area contributed by atoms with Crippen molar-refractivity contribution in [3.63, 3.8) is 0 Å². The van der Waals surface area contributed by atoms with Crippen molar-refractivity contribution in [1.29, 1.82) is 0 Å². The summed E-state index contributed by atoms with van der Waals surface area (Å²) in [5, 5.41) is 5.78. The Bertz CT molecular complexity index is 913. The summed E-state index contributed by atoms with van der Waals surface area (Å²) in [5.74, 6) is -2.14. The molecule has 1 aliphatic rings. The van der Waals surface area contributed by atoms with Crippen molar-refractivity contribution in [3.05, 3.63) is 0 Å². The first-order valence-corrected chi connectivity index (χ1v) is 19.1. The van der Waals surface area contributed by atoms with Gasteiger partial charge in [-0.05, 0) is 12.8 Å². The van der Waals surface area contributed by atoms with Crippen molar-refractivity contribution in [3.8, 4) is 0 Å². The number of carbonyl (C=O) groups excluding carboxylic acids is 5. The number of rotatable bonds is 26. The largest absolute Gasteiger partial charge is 0.495 e. The maximum absolute atomic E-state index is 11.6. The molecule has 0 aromatic rings. The van der Waals surface area contributed by atoms with Crippen LogP contribution in [0.15, 0.2) is 0 Å². The topological polar surface area (TPSA) is 258 Å². The van der Waals surface area contributed by atoms with Gasteiger partial charge in [0.25, 0.3) is 11.8 Å². The molecular formula is C26H51N3O16Si2. The first kappa shape index (κ1) is 44.6. The average molecular weight is 718 g/mol. The number of amides is 4. The van der Waals surface area contributed by atoms with E-state index in [1.165, 1.54) is 14.2 Å². The van der Waals surface area contributed by atoms with Crippen LogP contribution in [0.1, 0.15) is 44.9 Å². The molecule has 0 aromatic heterocycles. The van der Waals surface area contributed by atoms with E-state index in [9.17, 15) is 43.2 Å². The first-order valence-electron chi connectivity index (χ1n) is 15.1. The van der Waals surface area contributed by atoms with Crippen LogP contribution in [-0.4, -0.2) is 152 Å². The van der Waals surface area contributed by atoms with Crippen molar-refractivity contribution in [2.45, 2.75) is 57.0 Å². The van der Waals surface area contributed by atoms with Crippen LogP contribution in [0.5, 0.6) is 0 Å². The van der Waals surface area contributed by atoms with Crippen LogP contribution in [0.3, 0.4) is 0 Å². The molecule has 1 fully saturated rings. The standard InChI is InChI=1S/C16H28N2O10Si.C10H23NO6Si/c1-25-29(23,24)12-2-7-17-13(19)5-8-26-10-11-27-9-6-16(22)28-18-14(20)3-4-15(18)21;1-15-7-8-17-6-4-10(12)11-5-3-9-18(13,14)16-2/h23-24H,2-12H2,1H3,(H,17,19);13-14H,3-9H2,1-2H3,(H,11,12). The fourth-order valence-corrected chi connectivity index (χ4v) is 5.01. The fraction of sp³-hybridized carbons (Fsp3) is 0.808. The van der Waals surface area contributed by atoms with Gasteiger partial charge < -0.3 is 62.5 Å².